The quantitative estimate of drug-likeness (QED) is 0.279. The van der Waals surface area contributed by atoms with Crippen LogP contribution in [-0.2, 0) is 22.6 Å². The molecule has 0 aromatic carbocycles. The molecule has 1 rings (SSSR count). The van der Waals surface area contributed by atoms with Gasteiger partial charge in [0.1, 0.15) is 0 Å². The zero-order chi connectivity index (χ0) is 15.0. The van der Waals surface area contributed by atoms with Crippen molar-refractivity contribution in [3.05, 3.63) is 11.9 Å². The third-order valence-corrected chi connectivity index (χ3v) is 2.96. The van der Waals surface area contributed by atoms with E-state index in [0.717, 1.165) is 5.69 Å². The van der Waals surface area contributed by atoms with E-state index in [0.29, 0.717) is 25.8 Å². The maximum atomic E-state index is 11.1. The van der Waals surface area contributed by atoms with E-state index in [1.807, 2.05) is 0 Å². The summed E-state index contributed by atoms with van der Waals surface area (Å²) in [5.41, 5.74) is 5.99. The van der Waals surface area contributed by atoms with Crippen molar-refractivity contribution in [2.45, 2.75) is 31.6 Å². The van der Waals surface area contributed by atoms with Crippen LogP contribution < -0.4 is 21.7 Å². The molecule has 1 heterocycles. The standard InChI is InChI=1S/C11H21N7O2/c1-13-9(11(12)20)3-4-18-6-8(16-17-18)5-10(14-2)15-7-19/h6-7,9-10,13-14H,3-5H2,1-2H3,(H2,12,20)(H,15,19). The van der Waals surface area contributed by atoms with Gasteiger partial charge < -0.3 is 21.7 Å². The number of aromatic nitrogens is 3. The molecular formula is C11H21N7O2. The second-order valence-corrected chi connectivity index (χ2v) is 4.34. The van der Waals surface area contributed by atoms with Gasteiger partial charge in [-0.3, -0.25) is 14.3 Å². The number of carbonyl (C=O) groups excluding carboxylic acids is 2. The Kier molecular flexibility index (Phi) is 6.60. The molecule has 0 saturated heterocycles. The van der Waals surface area contributed by atoms with Gasteiger partial charge in [0.15, 0.2) is 0 Å². The Morgan fingerprint density at radius 1 is 1.50 bits per heavy atom. The predicted octanol–water partition coefficient (Wildman–Crippen LogP) is -2.42. The Morgan fingerprint density at radius 2 is 2.25 bits per heavy atom. The number of rotatable bonds is 10. The second-order valence-electron chi connectivity index (χ2n) is 4.34. The molecule has 112 valence electrons. The van der Waals surface area contributed by atoms with Crippen molar-refractivity contribution in [1.29, 1.82) is 0 Å². The molecule has 0 spiro atoms. The normalized spacial score (nSPS) is 13.7. The van der Waals surface area contributed by atoms with Gasteiger partial charge in [0.05, 0.1) is 17.9 Å². The molecule has 0 saturated carbocycles. The van der Waals surface area contributed by atoms with E-state index in [2.05, 4.69) is 26.3 Å². The molecule has 5 N–H and O–H groups in total. The zero-order valence-electron chi connectivity index (χ0n) is 11.7. The molecule has 20 heavy (non-hydrogen) atoms. The number of likely N-dealkylation sites (N-methyl/N-ethyl adjacent to an activating group) is 2. The summed E-state index contributed by atoms with van der Waals surface area (Å²) in [4.78, 5) is 21.5. The van der Waals surface area contributed by atoms with Crippen molar-refractivity contribution < 1.29 is 9.59 Å². The number of aryl methyl sites for hydroxylation is 1. The van der Waals surface area contributed by atoms with E-state index in [4.69, 9.17) is 5.73 Å². The van der Waals surface area contributed by atoms with Gasteiger partial charge in [-0.25, -0.2) is 0 Å². The summed E-state index contributed by atoms with van der Waals surface area (Å²) in [5.74, 6) is -0.390. The van der Waals surface area contributed by atoms with Gasteiger partial charge in [-0.15, -0.1) is 5.10 Å². The summed E-state index contributed by atoms with van der Waals surface area (Å²) in [5, 5.41) is 16.4. The highest BCUT2D eigenvalue weighted by Gasteiger charge is 2.13. The summed E-state index contributed by atoms with van der Waals surface area (Å²) >= 11 is 0. The largest absolute Gasteiger partial charge is 0.368 e. The smallest absolute Gasteiger partial charge is 0.234 e. The predicted molar refractivity (Wildman–Crippen MR) is 72.4 cm³/mol. The van der Waals surface area contributed by atoms with Crippen molar-refractivity contribution in [3.8, 4) is 0 Å². The molecule has 0 fully saturated rings. The van der Waals surface area contributed by atoms with Crippen LogP contribution in [0, 0.1) is 0 Å². The van der Waals surface area contributed by atoms with Gasteiger partial charge in [-0.2, -0.15) is 0 Å². The molecule has 0 aliphatic rings. The molecule has 2 amide bonds. The number of carbonyl (C=O) groups is 2. The van der Waals surface area contributed by atoms with Gasteiger partial charge in [-0.05, 0) is 20.5 Å². The number of nitrogens with one attached hydrogen (secondary N) is 3. The molecular weight excluding hydrogens is 262 g/mol. The maximum Gasteiger partial charge on any atom is 0.234 e. The monoisotopic (exact) mass is 283 g/mol. The Bertz CT molecular complexity index is 434. The summed E-state index contributed by atoms with van der Waals surface area (Å²) in [7, 11) is 3.43. The molecule has 9 nitrogen and oxygen atoms in total. The van der Waals surface area contributed by atoms with Crippen molar-refractivity contribution in [3.63, 3.8) is 0 Å². The average molecular weight is 283 g/mol. The van der Waals surface area contributed by atoms with Gasteiger partial charge in [0, 0.05) is 19.2 Å². The van der Waals surface area contributed by atoms with Crippen LogP contribution in [0.1, 0.15) is 12.1 Å². The van der Waals surface area contributed by atoms with Crippen LogP contribution in [0.5, 0.6) is 0 Å². The molecule has 2 atom stereocenters. The highest BCUT2D eigenvalue weighted by molar-refractivity contribution is 5.79. The summed E-state index contributed by atoms with van der Waals surface area (Å²) < 4.78 is 1.65. The van der Waals surface area contributed by atoms with Crippen LogP contribution in [0.4, 0.5) is 0 Å². The van der Waals surface area contributed by atoms with Crippen LogP contribution in [0.15, 0.2) is 6.20 Å². The van der Waals surface area contributed by atoms with Crippen molar-refractivity contribution >= 4 is 12.3 Å². The van der Waals surface area contributed by atoms with Gasteiger partial charge in [-0.1, -0.05) is 5.21 Å². The third-order valence-electron chi connectivity index (χ3n) is 2.96. The number of hydrogen-bond donors (Lipinski definition) is 4. The fourth-order valence-corrected chi connectivity index (χ4v) is 1.77. The van der Waals surface area contributed by atoms with Crippen LogP contribution >= 0.6 is 0 Å². The Labute approximate surface area is 117 Å². The summed E-state index contributed by atoms with van der Waals surface area (Å²) in [6.45, 7) is 0.535. The van der Waals surface area contributed by atoms with E-state index in [1.165, 1.54) is 0 Å². The highest BCUT2D eigenvalue weighted by Crippen LogP contribution is 2.00. The average Bonchev–Trinajstić information content (AvgIpc) is 2.86. The molecule has 0 radical (unpaired) electrons. The number of primary amides is 1. The van der Waals surface area contributed by atoms with E-state index in [-0.39, 0.29) is 12.2 Å². The fraction of sp³-hybridized carbons (Fsp3) is 0.636. The lowest BCUT2D eigenvalue weighted by atomic mass is 10.2. The van der Waals surface area contributed by atoms with E-state index in [1.54, 1.807) is 25.0 Å². The number of nitrogens with zero attached hydrogens (tertiary/aromatic N) is 3. The first kappa shape index (κ1) is 16.1. The lowest BCUT2D eigenvalue weighted by Gasteiger charge is -2.12. The molecule has 9 heteroatoms. The Hall–Kier alpha value is -2.00. The van der Waals surface area contributed by atoms with Gasteiger partial charge >= 0.3 is 0 Å². The van der Waals surface area contributed by atoms with Crippen molar-refractivity contribution in [2.24, 2.45) is 5.73 Å². The van der Waals surface area contributed by atoms with E-state index >= 15 is 0 Å². The first-order valence-corrected chi connectivity index (χ1v) is 6.33. The maximum absolute atomic E-state index is 11.1. The lowest BCUT2D eigenvalue weighted by molar-refractivity contribution is -0.120. The second kappa shape index (κ2) is 8.23. The van der Waals surface area contributed by atoms with Crippen LogP contribution in [0.3, 0.4) is 0 Å². The topological polar surface area (TPSA) is 127 Å². The Balaban J connectivity index is 2.50. The van der Waals surface area contributed by atoms with Crippen LogP contribution in [0.2, 0.25) is 0 Å². The molecule has 1 aromatic rings. The number of amides is 2. The van der Waals surface area contributed by atoms with Crippen molar-refractivity contribution in [2.75, 3.05) is 14.1 Å². The van der Waals surface area contributed by atoms with Gasteiger partial charge in [0.2, 0.25) is 12.3 Å². The molecule has 0 aliphatic heterocycles. The third kappa shape index (κ3) is 4.94. The fourth-order valence-electron chi connectivity index (χ4n) is 1.77. The zero-order valence-corrected chi connectivity index (χ0v) is 11.7. The summed E-state index contributed by atoms with van der Waals surface area (Å²) in [6, 6.07) is -0.385. The van der Waals surface area contributed by atoms with E-state index in [9.17, 15) is 9.59 Å². The molecule has 0 bridgehead atoms. The minimum absolute atomic E-state index is 0.187. The lowest BCUT2D eigenvalue weighted by Crippen LogP contribution is -2.41. The summed E-state index contributed by atoms with van der Waals surface area (Å²) in [6.07, 6.45) is 3.30. The number of nitrogens with two attached hydrogens (primary N) is 1. The highest BCUT2D eigenvalue weighted by atomic mass is 16.1. The first-order valence-electron chi connectivity index (χ1n) is 6.33. The van der Waals surface area contributed by atoms with Crippen LogP contribution in [-0.4, -0.2) is 53.6 Å². The SMILES string of the molecule is CNC(Cc1cn(CCC(NC)C(N)=O)nn1)NC=O. The van der Waals surface area contributed by atoms with Gasteiger partial charge in [0.25, 0.3) is 0 Å². The van der Waals surface area contributed by atoms with Crippen molar-refractivity contribution in [1.82, 2.24) is 30.9 Å². The molecule has 0 aliphatic carbocycles. The minimum atomic E-state index is -0.390. The van der Waals surface area contributed by atoms with E-state index < -0.39 is 5.91 Å². The molecule has 2 unspecified atom stereocenters. The van der Waals surface area contributed by atoms with Crippen LogP contribution in [0.25, 0.3) is 0 Å². The molecule has 1 aromatic heterocycles. The Morgan fingerprint density at radius 3 is 2.80 bits per heavy atom. The number of hydrogen-bond acceptors (Lipinski definition) is 6. The minimum Gasteiger partial charge on any atom is -0.368 e. The first-order chi connectivity index (χ1) is 9.60.